The van der Waals surface area contributed by atoms with Gasteiger partial charge in [-0.1, -0.05) is 26.7 Å². The first-order valence-corrected chi connectivity index (χ1v) is 8.33. The molecule has 1 atom stereocenters. The molecule has 0 radical (unpaired) electrons. The Bertz CT molecular complexity index is 645. The van der Waals surface area contributed by atoms with Gasteiger partial charge in [0.25, 0.3) is 0 Å². The number of rotatable bonds is 8. The molecule has 2 rings (SSSR count). The molecule has 0 aliphatic rings. The van der Waals surface area contributed by atoms with Gasteiger partial charge in [-0.15, -0.1) is 0 Å². The smallest absolute Gasteiger partial charge is 0.224 e. The molecular formula is C19H27NO3. The molecular weight excluding hydrogens is 290 g/mol. The molecule has 126 valence electrons. The predicted octanol–water partition coefficient (Wildman–Crippen LogP) is 4.31. The fraction of sp³-hybridized carbons (Fsp3) is 0.526. The molecule has 0 fully saturated rings. The number of carbonyl (C=O) groups excluding carboxylic acids is 1. The lowest BCUT2D eigenvalue weighted by Crippen LogP contribution is -2.33. The zero-order valence-electron chi connectivity index (χ0n) is 14.5. The van der Waals surface area contributed by atoms with Crippen molar-refractivity contribution in [1.29, 1.82) is 0 Å². The standard InChI is InChI=1S/C19H27NO3/c1-13(2)6-5-7-14(3)20-19(21)10-15-12-23-18-9-8-16(22-4)11-17(15)18/h8-9,11-14H,5-7,10H2,1-4H3,(H,20,21). The van der Waals surface area contributed by atoms with Crippen LogP contribution in [0.3, 0.4) is 0 Å². The zero-order chi connectivity index (χ0) is 16.8. The Morgan fingerprint density at radius 1 is 1.26 bits per heavy atom. The molecule has 0 aliphatic heterocycles. The average Bonchev–Trinajstić information content (AvgIpc) is 2.88. The van der Waals surface area contributed by atoms with Crippen molar-refractivity contribution in [2.45, 2.75) is 52.5 Å². The van der Waals surface area contributed by atoms with Crippen LogP contribution in [0.1, 0.15) is 45.6 Å². The highest BCUT2D eigenvalue weighted by molar-refractivity contribution is 5.88. The molecule has 23 heavy (non-hydrogen) atoms. The van der Waals surface area contributed by atoms with Crippen molar-refractivity contribution in [1.82, 2.24) is 5.32 Å². The lowest BCUT2D eigenvalue weighted by molar-refractivity contribution is -0.121. The van der Waals surface area contributed by atoms with E-state index in [0.717, 1.165) is 35.1 Å². The Morgan fingerprint density at radius 2 is 2.04 bits per heavy atom. The van der Waals surface area contributed by atoms with Gasteiger partial charge in [-0.2, -0.15) is 0 Å². The number of hydrogen-bond acceptors (Lipinski definition) is 3. The highest BCUT2D eigenvalue weighted by Crippen LogP contribution is 2.26. The minimum atomic E-state index is 0.0348. The number of furan rings is 1. The zero-order valence-corrected chi connectivity index (χ0v) is 14.5. The van der Waals surface area contributed by atoms with Crippen molar-refractivity contribution in [2.24, 2.45) is 5.92 Å². The maximum atomic E-state index is 12.2. The van der Waals surface area contributed by atoms with E-state index in [9.17, 15) is 4.79 Å². The van der Waals surface area contributed by atoms with Gasteiger partial charge in [-0.3, -0.25) is 4.79 Å². The number of methoxy groups -OCH3 is 1. The van der Waals surface area contributed by atoms with Gasteiger partial charge in [0.05, 0.1) is 19.8 Å². The summed E-state index contributed by atoms with van der Waals surface area (Å²) in [4.78, 5) is 12.2. The van der Waals surface area contributed by atoms with Crippen LogP contribution in [0.5, 0.6) is 5.75 Å². The van der Waals surface area contributed by atoms with Crippen LogP contribution in [0, 0.1) is 5.92 Å². The summed E-state index contributed by atoms with van der Waals surface area (Å²) < 4.78 is 10.7. The summed E-state index contributed by atoms with van der Waals surface area (Å²) in [6.07, 6.45) is 5.35. The van der Waals surface area contributed by atoms with E-state index in [1.807, 2.05) is 18.2 Å². The van der Waals surface area contributed by atoms with Gasteiger partial charge in [0.1, 0.15) is 11.3 Å². The van der Waals surface area contributed by atoms with E-state index in [0.29, 0.717) is 12.3 Å². The third-order valence-electron chi connectivity index (χ3n) is 4.04. The average molecular weight is 317 g/mol. The SMILES string of the molecule is COc1ccc2occ(CC(=O)NC(C)CCCC(C)C)c2c1. The third-order valence-corrected chi connectivity index (χ3v) is 4.04. The summed E-state index contributed by atoms with van der Waals surface area (Å²) in [5.41, 5.74) is 1.67. The number of amides is 1. The Hall–Kier alpha value is -1.97. The summed E-state index contributed by atoms with van der Waals surface area (Å²) in [6.45, 7) is 6.51. The van der Waals surface area contributed by atoms with E-state index in [1.54, 1.807) is 13.4 Å². The molecule has 1 aromatic carbocycles. The number of fused-ring (bicyclic) bond motifs is 1. The lowest BCUT2D eigenvalue weighted by Gasteiger charge is -2.14. The fourth-order valence-electron chi connectivity index (χ4n) is 2.73. The summed E-state index contributed by atoms with van der Waals surface area (Å²) in [7, 11) is 1.63. The maximum absolute atomic E-state index is 12.2. The summed E-state index contributed by atoms with van der Waals surface area (Å²) >= 11 is 0. The van der Waals surface area contributed by atoms with Crippen molar-refractivity contribution < 1.29 is 13.9 Å². The number of hydrogen-bond donors (Lipinski definition) is 1. The number of nitrogens with one attached hydrogen (secondary N) is 1. The van der Waals surface area contributed by atoms with Gasteiger partial charge in [0.15, 0.2) is 0 Å². The van der Waals surface area contributed by atoms with Gasteiger partial charge in [0, 0.05) is 17.0 Å². The minimum Gasteiger partial charge on any atom is -0.497 e. The van der Waals surface area contributed by atoms with Crippen LogP contribution >= 0.6 is 0 Å². The van der Waals surface area contributed by atoms with Crippen LogP contribution in [0.25, 0.3) is 11.0 Å². The number of benzene rings is 1. The lowest BCUT2D eigenvalue weighted by atomic mass is 10.0. The highest BCUT2D eigenvalue weighted by Gasteiger charge is 2.13. The molecule has 1 N–H and O–H groups in total. The Morgan fingerprint density at radius 3 is 2.74 bits per heavy atom. The van der Waals surface area contributed by atoms with Gasteiger partial charge in [0.2, 0.25) is 5.91 Å². The van der Waals surface area contributed by atoms with Crippen molar-refractivity contribution in [3.63, 3.8) is 0 Å². The first kappa shape index (κ1) is 17.4. The number of ether oxygens (including phenoxy) is 1. The maximum Gasteiger partial charge on any atom is 0.224 e. The summed E-state index contributed by atoms with van der Waals surface area (Å²) in [5, 5.41) is 4.01. The predicted molar refractivity (Wildman–Crippen MR) is 92.8 cm³/mol. The van der Waals surface area contributed by atoms with Crippen LogP contribution in [0.15, 0.2) is 28.9 Å². The second-order valence-corrected chi connectivity index (χ2v) is 6.59. The van der Waals surface area contributed by atoms with Gasteiger partial charge < -0.3 is 14.5 Å². The Labute approximate surface area is 138 Å². The molecule has 0 bridgehead atoms. The summed E-state index contributed by atoms with van der Waals surface area (Å²) in [5.74, 6) is 1.51. The molecule has 1 amide bonds. The van der Waals surface area contributed by atoms with Crippen LogP contribution in [-0.4, -0.2) is 19.1 Å². The van der Waals surface area contributed by atoms with E-state index in [1.165, 1.54) is 6.42 Å². The molecule has 4 nitrogen and oxygen atoms in total. The van der Waals surface area contributed by atoms with Gasteiger partial charge >= 0.3 is 0 Å². The molecule has 2 aromatic rings. The molecule has 1 heterocycles. The van der Waals surface area contributed by atoms with E-state index < -0.39 is 0 Å². The molecule has 0 saturated carbocycles. The second-order valence-electron chi connectivity index (χ2n) is 6.59. The van der Waals surface area contributed by atoms with Crippen LogP contribution < -0.4 is 10.1 Å². The highest BCUT2D eigenvalue weighted by atomic mass is 16.5. The second kappa shape index (κ2) is 8.04. The van der Waals surface area contributed by atoms with Crippen LogP contribution in [0.4, 0.5) is 0 Å². The molecule has 0 saturated heterocycles. The molecule has 1 aromatic heterocycles. The van der Waals surface area contributed by atoms with Crippen molar-refractivity contribution in [2.75, 3.05) is 7.11 Å². The first-order chi connectivity index (χ1) is 11.0. The van der Waals surface area contributed by atoms with E-state index in [4.69, 9.17) is 9.15 Å². The molecule has 0 aliphatic carbocycles. The first-order valence-electron chi connectivity index (χ1n) is 8.33. The van der Waals surface area contributed by atoms with Crippen molar-refractivity contribution in [3.8, 4) is 5.75 Å². The molecule has 4 heteroatoms. The normalized spacial score (nSPS) is 12.6. The Balaban J connectivity index is 1.92. The monoisotopic (exact) mass is 317 g/mol. The third kappa shape index (κ3) is 5.02. The largest absolute Gasteiger partial charge is 0.497 e. The van der Waals surface area contributed by atoms with Gasteiger partial charge in [-0.05, 0) is 37.5 Å². The van der Waals surface area contributed by atoms with Crippen LogP contribution in [-0.2, 0) is 11.2 Å². The van der Waals surface area contributed by atoms with Crippen molar-refractivity contribution in [3.05, 3.63) is 30.0 Å². The van der Waals surface area contributed by atoms with E-state index >= 15 is 0 Å². The summed E-state index contributed by atoms with van der Waals surface area (Å²) in [6, 6.07) is 5.83. The molecule has 1 unspecified atom stereocenters. The quantitative estimate of drug-likeness (QED) is 0.789. The topological polar surface area (TPSA) is 51.5 Å². The van der Waals surface area contributed by atoms with Crippen LogP contribution in [0.2, 0.25) is 0 Å². The van der Waals surface area contributed by atoms with E-state index in [-0.39, 0.29) is 11.9 Å². The minimum absolute atomic E-state index is 0.0348. The number of carbonyl (C=O) groups is 1. The van der Waals surface area contributed by atoms with Crippen molar-refractivity contribution >= 4 is 16.9 Å². The Kier molecular flexibility index (Phi) is 6.08. The van der Waals surface area contributed by atoms with E-state index in [2.05, 4.69) is 26.1 Å². The fourth-order valence-corrected chi connectivity index (χ4v) is 2.73. The van der Waals surface area contributed by atoms with Gasteiger partial charge in [-0.25, -0.2) is 0 Å². The molecule has 0 spiro atoms.